The number of nitrogens with zero attached hydrogens (tertiary/aromatic N) is 2. The van der Waals surface area contributed by atoms with E-state index in [1.807, 2.05) is 31.2 Å². The molecule has 0 saturated carbocycles. The third-order valence-corrected chi connectivity index (χ3v) is 6.18. The van der Waals surface area contributed by atoms with Crippen molar-refractivity contribution in [1.82, 2.24) is 4.90 Å². The molecule has 4 rings (SSSR count). The number of hydrogen-bond acceptors (Lipinski definition) is 6. The number of rotatable bonds is 7. The van der Waals surface area contributed by atoms with Gasteiger partial charge in [-0.3, -0.25) is 19.7 Å². The highest BCUT2D eigenvalue weighted by molar-refractivity contribution is 5.99. The van der Waals surface area contributed by atoms with E-state index in [0.717, 1.165) is 5.56 Å². The third kappa shape index (κ3) is 5.48. The molecule has 3 aromatic rings. The molecule has 0 aromatic heterocycles. The molecule has 1 saturated heterocycles. The molecular weight excluding hydrogens is 448 g/mol. The fourth-order valence-electron chi connectivity index (χ4n) is 4.13. The van der Waals surface area contributed by atoms with Crippen LogP contribution in [0.4, 0.5) is 5.69 Å². The lowest BCUT2D eigenvalue weighted by molar-refractivity contribution is -0.384. The van der Waals surface area contributed by atoms with Crippen molar-refractivity contribution in [2.75, 3.05) is 20.2 Å². The highest BCUT2D eigenvalue weighted by Gasteiger charge is 2.30. The maximum absolute atomic E-state index is 13.4. The van der Waals surface area contributed by atoms with E-state index in [0.29, 0.717) is 43.0 Å². The van der Waals surface area contributed by atoms with E-state index in [1.165, 1.54) is 18.2 Å². The summed E-state index contributed by atoms with van der Waals surface area (Å²) in [7, 11) is 1.56. The Labute approximate surface area is 203 Å². The largest absolute Gasteiger partial charge is 0.497 e. The fraction of sp³-hybridized carbons (Fsp3) is 0.259. The molecule has 1 fully saturated rings. The van der Waals surface area contributed by atoms with Gasteiger partial charge in [-0.2, -0.15) is 0 Å². The molecule has 35 heavy (non-hydrogen) atoms. The van der Waals surface area contributed by atoms with Gasteiger partial charge in [0.05, 0.1) is 17.6 Å². The molecule has 3 aromatic carbocycles. The minimum absolute atomic E-state index is 0.0796. The van der Waals surface area contributed by atoms with Crippen LogP contribution in [-0.2, 0) is 0 Å². The topological polar surface area (TPSA) is 99.0 Å². The van der Waals surface area contributed by atoms with Crippen LogP contribution in [0.25, 0.3) is 0 Å². The zero-order chi connectivity index (χ0) is 24.9. The maximum atomic E-state index is 13.4. The second-order valence-electron chi connectivity index (χ2n) is 8.51. The Bertz CT molecular complexity index is 1230. The summed E-state index contributed by atoms with van der Waals surface area (Å²) in [6, 6.07) is 18.3. The number of Topliss-reactive ketones (excluding diaryl/α,β-unsaturated/α-hetero) is 1. The number of aryl methyl sites for hydroxylation is 1. The van der Waals surface area contributed by atoms with Crippen molar-refractivity contribution < 1.29 is 24.0 Å². The van der Waals surface area contributed by atoms with Gasteiger partial charge in [0.1, 0.15) is 17.2 Å². The number of ketones is 1. The van der Waals surface area contributed by atoms with Gasteiger partial charge in [-0.15, -0.1) is 0 Å². The zero-order valence-electron chi connectivity index (χ0n) is 19.6. The molecule has 0 unspecified atom stereocenters. The summed E-state index contributed by atoms with van der Waals surface area (Å²) < 4.78 is 11.0. The van der Waals surface area contributed by atoms with Crippen molar-refractivity contribution in [3.05, 3.63) is 93.5 Å². The van der Waals surface area contributed by atoms with Gasteiger partial charge < -0.3 is 14.4 Å². The molecule has 8 heteroatoms. The van der Waals surface area contributed by atoms with Gasteiger partial charge in [0.15, 0.2) is 5.78 Å². The van der Waals surface area contributed by atoms with Crippen molar-refractivity contribution in [1.29, 1.82) is 0 Å². The minimum Gasteiger partial charge on any atom is -0.497 e. The summed E-state index contributed by atoms with van der Waals surface area (Å²) in [6.07, 6.45) is 1.06. The number of benzene rings is 3. The predicted octanol–water partition coefficient (Wildman–Crippen LogP) is 5.44. The van der Waals surface area contributed by atoms with E-state index in [1.54, 1.807) is 36.3 Å². The number of hydrogen-bond donors (Lipinski definition) is 0. The first-order chi connectivity index (χ1) is 16.9. The number of nitro benzene ring substituents is 1. The number of nitro groups is 1. The highest BCUT2D eigenvalue weighted by atomic mass is 16.6. The van der Waals surface area contributed by atoms with E-state index < -0.39 is 4.92 Å². The van der Waals surface area contributed by atoms with Gasteiger partial charge in [0, 0.05) is 36.7 Å². The van der Waals surface area contributed by atoms with Crippen LogP contribution in [0.15, 0.2) is 66.7 Å². The number of non-ortho nitro benzene ring substituents is 1. The van der Waals surface area contributed by atoms with E-state index in [4.69, 9.17) is 9.47 Å². The van der Waals surface area contributed by atoms with Crippen molar-refractivity contribution in [2.45, 2.75) is 19.8 Å². The van der Waals surface area contributed by atoms with Crippen LogP contribution in [0.2, 0.25) is 0 Å². The van der Waals surface area contributed by atoms with Crippen LogP contribution in [0.3, 0.4) is 0 Å². The number of piperidine rings is 1. The Morgan fingerprint density at radius 2 is 1.57 bits per heavy atom. The number of carbonyl (C=O) groups is 2. The quantitative estimate of drug-likeness (QED) is 0.257. The molecule has 0 aliphatic carbocycles. The molecule has 1 amide bonds. The van der Waals surface area contributed by atoms with Crippen molar-refractivity contribution in [2.24, 2.45) is 5.92 Å². The standard InChI is InChI=1S/C27H26N2O6/c1-18-3-5-19(6-4-18)26(30)20-13-15-28(16-14-20)27(31)24-17-21(29(32)33)7-12-25(24)35-23-10-8-22(34-2)9-11-23/h3-12,17,20H,13-16H2,1-2H3. The highest BCUT2D eigenvalue weighted by Crippen LogP contribution is 2.32. The average molecular weight is 475 g/mol. The number of ether oxygens (including phenoxy) is 2. The molecule has 1 heterocycles. The first-order valence-electron chi connectivity index (χ1n) is 11.4. The second-order valence-corrected chi connectivity index (χ2v) is 8.51. The molecule has 0 bridgehead atoms. The van der Waals surface area contributed by atoms with Crippen LogP contribution >= 0.6 is 0 Å². The van der Waals surface area contributed by atoms with Crippen molar-refractivity contribution in [3.8, 4) is 17.2 Å². The summed E-state index contributed by atoms with van der Waals surface area (Å²) in [4.78, 5) is 38.7. The van der Waals surface area contributed by atoms with E-state index in [2.05, 4.69) is 0 Å². The predicted molar refractivity (Wildman–Crippen MR) is 130 cm³/mol. The number of likely N-dealkylation sites (tertiary alicyclic amines) is 1. The molecule has 0 spiro atoms. The van der Waals surface area contributed by atoms with Gasteiger partial charge >= 0.3 is 0 Å². The molecule has 8 nitrogen and oxygen atoms in total. The first-order valence-corrected chi connectivity index (χ1v) is 11.4. The van der Waals surface area contributed by atoms with Gasteiger partial charge in [-0.05, 0) is 50.1 Å². The Morgan fingerprint density at radius 1 is 0.943 bits per heavy atom. The van der Waals surface area contributed by atoms with Crippen LogP contribution in [-0.4, -0.2) is 41.7 Å². The lowest BCUT2D eigenvalue weighted by atomic mass is 9.88. The average Bonchev–Trinajstić information content (AvgIpc) is 2.89. The van der Waals surface area contributed by atoms with Crippen molar-refractivity contribution >= 4 is 17.4 Å². The van der Waals surface area contributed by atoms with E-state index >= 15 is 0 Å². The van der Waals surface area contributed by atoms with E-state index in [-0.39, 0.29) is 34.6 Å². The summed E-state index contributed by atoms with van der Waals surface area (Å²) in [5.74, 6) is 0.899. The van der Waals surface area contributed by atoms with Crippen LogP contribution in [0.5, 0.6) is 17.2 Å². The Morgan fingerprint density at radius 3 is 2.17 bits per heavy atom. The first kappa shape index (κ1) is 23.9. The summed E-state index contributed by atoms with van der Waals surface area (Å²) in [5, 5.41) is 11.4. The van der Waals surface area contributed by atoms with Crippen LogP contribution < -0.4 is 9.47 Å². The van der Waals surface area contributed by atoms with Crippen LogP contribution in [0, 0.1) is 23.0 Å². The monoisotopic (exact) mass is 474 g/mol. The normalized spacial score (nSPS) is 13.8. The molecular formula is C27H26N2O6. The molecule has 1 aliphatic heterocycles. The third-order valence-electron chi connectivity index (χ3n) is 6.18. The van der Waals surface area contributed by atoms with Gasteiger partial charge in [-0.1, -0.05) is 29.8 Å². The van der Waals surface area contributed by atoms with Crippen LogP contribution in [0.1, 0.15) is 39.1 Å². The summed E-state index contributed by atoms with van der Waals surface area (Å²) in [5.41, 5.74) is 1.68. The summed E-state index contributed by atoms with van der Waals surface area (Å²) in [6.45, 7) is 2.73. The van der Waals surface area contributed by atoms with Gasteiger partial charge in [0.25, 0.3) is 11.6 Å². The SMILES string of the molecule is COc1ccc(Oc2ccc([N+](=O)[O-])cc2C(=O)N2CCC(C(=O)c3ccc(C)cc3)CC2)cc1. The molecule has 0 atom stereocenters. The maximum Gasteiger partial charge on any atom is 0.270 e. The summed E-state index contributed by atoms with van der Waals surface area (Å²) >= 11 is 0. The molecule has 0 N–H and O–H groups in total. The molecule has 0 radical (unpaired) electrons. The Hall–Kier alpha value is -4.20. The minimum atomic E-state index is -0.541. The lowest BCUT2D eigenvalue weighted by Gasteiger charge is -2.31. The Kier molecular flexibility index (Phi) is 7.10. The smallest absolute Gasteiger partial charge is 0.270 e. The van der Waals surface area contributed by atoms with Gasteiger partial charge in [-0.25, -0.2) is 0 Å². The number of amides is 1. The number of methoxy groups -OCH3 is 1. The fourth-order valence-corrected chi connectivity index (χ4v) is 4.13. The van der Waals surface area contributed by atoms with E-state index in [9.17, 15) is 19.7 Å². The zero-order valence-corrected chi connectivity index (χ0v) is 19.6. The van der Waals surface area contributed by atoms with Crippen molar-refractivity contribution in [3.63, 3.8) is 0 Å². The van der Waals surface area contributed by atoms with Gasteiger partial charge in [0.2, 0.25) is 0 Å². The molecule has 180 valence electrons. The Balaban J connectivity index is 1.50. The molecule has 1 aliphatic rings. The second kappa shape index (κ2) is 10.4. The number of carbonyl (C=O) groups excluding carboxylic acids is 2. The lowest BCUT2D eigenvalue weighted by Crippen LogP contribution is -2.40.